The number of aromatic nitrogens is 2. The van der Waals surface area contributed by atoms with Gasteiger partial charge in [-0.3, -0.25) is 4.68 Å². The molecule has 1 fully saturated rings. The lowest BCUT2D eigenvalue weighted by Crippen LogP contribution is -2.21. The van der Waals surface area contributed by atoms with E-state index in [9.17, 15) is 0 Å². The van der Waals surface area contributed by atoms with E-state index in [0.29, 0.717) is 12.0 Å². The van der Waals surface area contributed by atoms with Crippen LogP contribution < -0.4 is 5.73 Å². The Kier molecular flexibility index (Phi) is 2.69. The van der Waals surface area contributed by atoms with E-state index in [1.54, 1.807) is 0 Å². The van der Waals surface area contributed by atoms with Gasteiger partial charge in [0.1, 0.15) is 0 Å². The third kappa shape index (κ3) is 1.79. The number of hydrogen-bond donors (Lipinski definition) is 1. The highest BCUT2D eigenvalue weighted by Gasteiger charge is 2.27. The Morgan fingerprint density at radius 2 is 2.46 bits per heavy atom. The molecule has 0 radical (unpaired) electrons. The van der Waals surface area contributed by atoms with Crippen LogP contribution in [0.3, 0.4) is 0 Å². The third-order valence-electron chi connectivity index (χ3n) is 2.83. The maximum absolute atomic E-state index is 5.72. The van der Waals surface area contributed by atoms with Crippen LogP contribution in [0.15, 0.2) is 16.9 Å². The molecule has 1 heterocycles. The van der Waals surface area contributed by atoms with E-state index in [1.165, 1.54) is 19.3 Å². The second-order valence-electron chi connectivity index (χ2n) is 3.63. The quantitative estimate of drug-likeness (QED) is 0.864. The number of hydrogen-bond acceptors (Lipinski definition) is 2. The van der Waals surface area contributed by atoms with Gasteiger partial charge in [-0.25, -0.2) is 0 Å². The number of nitrogens with two attached hydrogens (primary N) is 1. The monoisotopic (exact) mass is 243 g/mol. The third-order valence-corrected chi connectivity index (χ3v) is 3.24. The molecule has 0 spiro atoms. The van der Waals surface area contributed by atoms with Crippen LogP contribution in [0.1, 0.15) is 25.3 Å². The normalized spacial score (nSPS) is 28.2. The molecule has 72 valence electrons. The summed E-state index contributed by atoms with van der Waals surface area (Å²) in [5.74, 6) is 0.617. The topological polar surface area (TPSA) is 43.8 Å². The van der Waals surface area contributed by atoms with Crippen LogP contribution in [-0.4, -0.2) is 16.3 Å². The van der Waals surface area contributed by atoms with E-state index in [0.717, 1.165) is 11.0 Å². The smallest absolute Gasteiger partial charge is 0.0632 e. The first-order valence-corrected chi connectivity index (χ1v) is 5.50. The molecule has 1 saturated carbocycles. The first kappa shape index (κ1) is 9.21. The first-order valence-electron chi connectivity index (χ1n) is 4.71. The predicted molar refractivity (Wildman–Crippen MR) is 55.4 cm³/mol. The average Bonchev–Trinajstić information content (AvgIpc) is 2.71. The van der Waals surface area contributed by atoms with Crippen molar-refractivity contribution in [3.05, 3.63) is 16.9 Å². The van der Waals surface area contributed by atoms with Gasteiger partial charge >= 0.3 is 0 Å². The molecule has 2 rings (SSSR count). The van der Waals surface area contributed by atoms with E-state index in [4.69, 9.17) is 5.73 Å². The Labute approximate surface area is 86.4 Å². The van der Waals surface area contributed by atoms with E-state index in [2.05, 4.69) is 25.7 Å². The second kappa shape index (κ2) is 3.80. The molecule has 3 nitrogen and oxygen atoms in total. The first-order chi connectivity index (χ1) is 6.31. The maximum atomic E-state index is 5.72. The van der Waals surface area contributed by atoms with E-state index >= 15 is 0 Å². The van der Waals surface area contributed by atoms with Gasteiger partial charge in [-0.15, -0.1) is 0 Å². The van der Waals surface area contributed by atoms with Crippen LogP contribution in [0.4, 0.5) is 0 Å². The SMILES string of the molecule is NCC1CCCC1n1cc(Br)cn1. The van der Waals surface area contributed by atoms with Crippen molar-refractivity contribution in [2.24, 2.45) is 11.7 Å². The molecular weight excluding hydrogens is 230 g/mol. The molecule has 1 aromatic heterocycles. The van der Waals surface area contributed by atoms with E-state index in [1.807, 2.05) is 12.4 Å². The summed E-state index contributed by atoms with van der Waals surface area (Å²) >= 11 is 3.41. The summed E-state index contributed by atoms with van der Waals surface area (Å²) < 4.78 is 3.10. The Hall–Kier alpha value is -0.350. The Morgan fingerprint density at radius 1 is 1.62 bits per heavy atom. The van der Waals surface area contributed by atoms with Crippen LogP contribution in [0.2, 0.25) is 0 Å². The minimum atomic E-state index is 0.524. The fraction of sp³-hybridized carbons (Fsp3) is 0.667. The highest BCUT2D eigenvalue weighted by molar-refractivity contribution is 9.10. The summed E-state index contributed by atoms with van der Waals surface area (Å²) in [4.78, 5) is 0. The minimum Gasteiger partial charge on any atom is -0.330 e. The van der Waals surface area contributed by atoms with Crippen LogP contribution >= 0.6 is 15.9 Å². The average molecular weight is 244 g/mol. The van der Waals surface area contributed by atoms with Gasteiger partial charge in [-0.05, 0) is 41.2 Å². The number of rotatable bonds is 2. The summed E-state index contributed by atoms with van der Waals surface area (Å²) in [6.07, 6.45) is 7.63. The van der Waals surface area contributed by atoms with Crippen molar-refractivity contribution in [1.82, 2.24) is 9.78 Å². The van der Waals surface area contributed by atoms with E-state index in [-0.39, 0.29) is 0 Å². The lowest BCUT2D eigenvalue weighted by atomic mass is 10.0. The molecule has 0 saturated heterocycles. The zero-order valence-electron chi connectivity index (χ0n) is 7.49. The molecule has 13 heavy (non-hydrogen) atoms. The van der Waals surface area contributed by atoms with Crippen LogP contribution in [-0.2, 0) is 0 Å². The van der Waals surface area contributed by atoms with Crippen LogP contribution in [0.25, 0.3) is 0 Å². The highest BCUT2D eigenvalue weighted by atomic mass is 79.9. The Bertz CT molecular complexity index is 284. The summed E-state index contributed by atoms with van der Waals surface area (Å²) in [5, 5.41) is 4.31. The minimum absolute atomic E-state index is 0.524. The van der Waals surface area contributed by atoms with E-state index < -0.39 is 0 Å². The highest BCUT2D eigenvalue weighted by Crippen LogP contribution is 2.34. The summed E-state index contributed by atoms with van der Waals surface area (Å²) in [5.41, 5.74) is 5.72. The molecule has 1 aliphatic rings. The van der Waals surface area contributed by atoms with Crippen molar-refractivity contribution in [2.75, 3.05) is 6.54 Å². The van der Waals surface area contributed by atoms with Crippen molar-refractivity contribution in [3.8, 4) is 0 Å². The van der Waals surface area contributed by atoms with Gasteiger partial charge in [0.25, 0.3) is 0 Å². The standard InChI is InChI=1S/C9H14BrN3/c10-8-5-12-13(6-8)9-3-1-2-7(9)4-11/h5-7,9H,1-4,11H2. The zero-order valence-corrected chi connectivity index (χ0v) is 9.07. The largest absolute Gasteiger partial charge is 0.330 e. The van der Waals surface area contributed by atoms with Gasteiger partial charge in [0.2, 0.25) is 0 Å². The summed E-state index contributed by atoms with van der Waals surface area (Å²) in [6, 6.07) is 0.524. The lowest BCUT2D eigenvalue weighted by molar-refractivity contribution is 0.358. The molecule has 0 bridgehead atoms. The summed E-state index contributed by atoms with van der Waals surface area (Å²) in [6.45, 7) is 0.780. The summed E-state index contributed by atoms with van der Waals surface area (Å²) in [7, 11) is 0. The number of nitrogens with zero attached hydrogens (tertiary/aromatic N) is 2. The van der Waals surface area contributed by atoms with Crippen molar-refractivity contribution in [2.45, 2.75) is 25.3 Å². The molecule has 2 unspecified atom stereocenters. The van der Waals surface area contributed by atoms with Gasteiger partial charge in [0.15, 0.2) is 0 Å². The van der Waals surface area contributed by atoms with Crippen molar-refractivity contribution in [3.63, 3.8) is 0 Å². The molecule has 0 amide bonds. The fourth-order valence-corrected chi connectivity index (χ4v) is 2.44. The molecule has 0 aromatic carbocycles. The van der Waals surface area contributed by atoms with Gasteiger partial charge in [0, 0.05) is 6.20 Å². The molecular formula is C9H14BrN3. The molecule has 0 aliphatic heterocycles. The van der Waals surface area contributed by atoms with Crippen molar-refractivity contribution < 1.29 is 0 Å². The molecule has 4 heteroatoms. The number of halogens is 1. The molecule has 2 atom stereocenters. The van der Waals surface area contributed by atoms with Crippen LogP contribution in [0.5, 0.6) is 0 Å². The van der Waals surface area contributed by atoms with Gasteiger partial charge in [0.05, 0.1) is 16.7 Å². The van der Waals surface area contributed by atoms with Crippen molar-refractivity contribution in [1.29, 1.82) is 0 Å². The van der Waals surface area contributed by atoms with Crippen molar-refractivity contribution >= 4 is 15.9 Å². The molecule has 2 N–H and O–H groups in total. The van der Waals surface area contributed by atoms with Gasteiger partial charge in [-0.2, -0.15) is 5.10 Å². The predicted octanol–water partition coefficient (Wildman–Crippen LogP) is 1.95. The Balaban J connectivity index is 2.15. The molecule has 1 aliphatic carbocycles. The molecule has 1 aromatic rings. The Morgan fingerprint density at radius 3 is 3.08 bits per heavy atom. The maximum Gasteiger partial charge on any atom is 0.0632 e. The van der Waals surface area contributed by atoms with Gasteiger partial charge < -0.3 is 5.73 Å². The van der Waals surface area contributed by atoms with Gasteiger partial charge in [-0.1, -0.05) is 6.42 Å². The van der Waals surface area contributed by atoms with Crippen LogP contribution in [0, 0.1) is 5.92 Å². The fourth-order valence-electron chi connectivity index (χ4n) is 2.14. The second-order valence-corrected chi connectivity index (χ2v) is 4.55. The lowest BCUT2D eigenvalue weighted by Gasteiger charge is -2.17. The zero-order chi connectivity index (χ0) is 9.26.